The summed E-state index contributed by atoms with van der Waals surface area (Å²) in [7, 11) is 0. The Hall–Kier alpha value is -4.00. The third-order valence-corrected chi connectivity index (χ3v) is 6.21. The maximum atomic E-state index is 14.6. The number of amides is 2. The molecule has 2 amide bonds. The van der Waals surface area contributed by atoms with Crippen molar-refractivity contribution in [3.63, 3.8) is 0 Å². The summed E-state index contributed by atoms with van der Waals surface area (Å²) in [5.41, 5.74) is 2.19. The van der Waals surface area contributed by atoms with E-state index in [0.29, 0.717) is 49.4 Å². The van der Waals surface area contributed by atoms with E-state index in [1.54, 1.807) is 41.3 Å². The molecule has 1 aliphatic heterocycles. The van der Waals surface area contributed by atoms with Crippen molar-refractivity contribution < 1.29 is 18.8 Å². The molecular formula is C28H28FN3O3. The number of Topliss-reactive ketones (excluding diaryl/α,β-unsaturated/α-hetero) is 1. The first kappa shape index (κ1) is 24.1. The first-order valence-electron chi connectivity index (χ1n) is 11.7. The Morgan fingerprint density at radius 2 is 1.49 bits per heavy atom. The Balaban J connectivity index is 1.45. The van der Waals surface area contributed by atoms with Crippen LogP contribution >= 0.6 is 0 Å². The second-order valence-electron chi connectivity index (χ2n) is 8.62. The van der Waals surface area contributed by atoms with Gasteiger partial charge in [-0.25, -0.2) is 4.39 Å². The number of rotatable bonds is 7. The molecule has 0 saturated carbocycles. The molecule has 3 aromatic rings. The lowest BCUT2D eigenvalue weighted by Crippen LogP contribution is -2.55. The Kier molecular flexibility index (Phi) is 7.55. The second-order valence-corrected chi connectivity index (χ2v) is 8.62. The summed E-state index contributed by atoms with van der Waals surface area (Å²) in [4.78, 5) is 41.4. The molecule has 1 unspecified atom stereocenters. The number of halogens is 1. The van der Waals surface area contributed by atoms with Crippen LogP contribution in [0.25, 0.3) is 0 Å². The van der Waals surface area contributed by atoms with Gasteiger partial charge in [0.1, 0.15) is 11.9 Å². The van der Waals surface area contributed by atoms with Gasteiger partial charge in [-0.3, -0.25) is 14.4 Å². The van der Waals surface area contributed by atoms with Crippen LogP contribution < -0.4 is 10.2 Å². The average molecular weight is 474 g/mol. The van der Waals surface area contributed by atoms with Crippen molar-refractivity contribution >= 4 is 23.3 Å². The maximum absolute atomic E-state index is 14.6. The zero-order chi connectivity index (χ0) is 24.8. The molecule has 3 aromatic carbocycles. The molecule has 1 heterocycles. The van der Waals surface area contributed by atoms with Gasteiger partial charge in [0.15, 0.2) is 5.78 Å². The van der Waals surface area contributed by atoms with Crippen LogP contribution in [0.15, 0.2) is 78.9 Å². The van der Waals surface area contributed by atoms with Crippen LogP contribution in [0.2, 0.25) is 0 Å². The van der Waals surface area contributed by atoms with E-state index in [1.165, 1.54) is 13.0 Å². The molecule has 35 heavy (non-hydrogen) atoms. The SMILES string of the molecule is CC(=O)c1ccc(N2CCN(C(=O)C(Cc3ccccc3)NC(=O)c3ccccc3)CC2)c(F)c1. The summed E-state index contributed by atoms with van der Waals surface area (Å²) in [5, 5.41) is 2.91. The van der Waals surface area contributed by atoms with E-state index in [0.717, 1.165) is 5.56 Å². The molecule has 0 radical (unpaired) electrons. The zero-order valence-electron chi connectivity index (χ0n) is 19.6. The van der Waals surface area contributed by atoms with E-state index in [2.05, 4.69) is 5.32 Å². The summed E-state index contributed by atoms with van der Waals surface area (Å²) >= 11 is 0. The van der Waals surface area contributed by atoms with E-state index < -0.39 is 11.9 Å². The standard InChI is InChI=1S/C28H28FN3O3/c1-20(33)23-12-13-26(24(29)19-23)31-14-16-32(17-15-31)28(35)25(18-21-8-4-2-5-9-21)30-27(34)22-10-6-3-7-11-22/h2-13,19,25H,14-18H2,1H3,(H,30,34). The summed E-state index contributed by atoms with van der Waals surface area (Å²) in [6.45, 7) is 3.11. The van der Waals surface area contributed by atoms with Gasteiger partial charge in [0.2, 0.25) is 5.91 Å². The fourth-order valence-electron chi connectivity index (χ4n) is 4.25. The molecule has 4 rings (SSSR count). The summed E-state index contributed by atoms with van der Waals surface area (Å²) in [6.07, 6.45) is 0.375. The van der Waals surface area contributed by atoms with Gasteiger partial charge in [-0.05, 0) is 42.8 Å². The third kappa shape index (κ3) is 5.93. The van der Waals surface area contributed by atoms with Gasteiger partial charge >= 0.3 is 0 Å². The lowest BCUT2D eigenvalue weighted by Gasteiger charge is -2.37. The van der Waals surface area contributed by atoms with E-state index in [1.807, 2.05) is 41.3 Å². The summed E-state index contributed by atoms with van der Waals surface area (Å²) < 4.78 is 14.6. The molecule has 0 aromatic heterocycles. The minimum absolute atomic E-state index is 0.162. The predicted molar refractivity (Wildman–Crippen MR) is 133 cm³/mol. The monoisotopic (exact) mass is 473 g/mol. The first-order chi connectivity index (χ1) is 16.9. The van der Waals surface area contributed by atoms with E-state index in [9.17, 15) is 18.8 Å². The van der Waals surface area contributed by atoms with Crippen LogP contribution in [0.1, 0.15) is 33.2 Å². The van der Waals surface area contributed by atoms with Crippen molar-refractivity contribution in [3.05, 3.63) is 101 Å². The van der Waals surface area contributed by atoms with E-state index in [-0.39, 0.29) is 17.6 Å². The van der Waals surface area contributed by atoms with Gasteiger partial charge in [-0.1, -0.05) is 48.5 Å². The molecule has 180 valence electrons. The first-order valence-corrected chi connectivity index (χ1v) is 11.7. The number of ketones is 1. The van der Waals surface area contributed by atoms with Crippen LogP contribution in [-0.2, 0) is 11.2 Å². The minimum Gasteiger partial charge on any atom is -0.366 e. The van der Waals surface area contributed by atoms with Crippen molar-refractivity contribution in [2.24, 2.45) is 0 Å². The zero-order valence-corrected chi connectivity index (χ0v) is 19.6. The highest BCUT2D eigenvalue weighted by atomic mass is 19.1. The Labute approximate surface area is 204 Å². The summed E-state index contributed by atoms with van der Waals surface area (Å²) in [5.74, 6) is -1.10. The van der Waals surface area contributed by atoms with Crippen molar-refractivity contribution in [1.29, 1.82) is 0 Å². The van der Waals surface area contributed by atoms with Gasteiger partial charge in [-0.2, -0.15) is 0 Å². The number of carbonyl (C=O) groups is 3. The van der Waals surface area contributed by atoms with Gasteiger partial charge < -0.3 is 15.1 Å². The topological polar surface area (TPSA) is 69.7 Å². The highest BCUT2D eigenvalue weighted by Gasteiger charge is 2.30. The van der Waals surface area contributed by atoms with Gasteiger partial charge in [-0.15, -0.1) is 0 Å². The van der Waals surface area contributed by atoms with E-state index in [4.69, 9.17) is 0 Å². The minimum atomic E-state index is -0.719. The molecular weight excluding hydrogens is 445 g/mol. The Morgan fingerprint density at radius 1 is 0.857 bits per heavy atom. The average Bonchev–Trinajstić information content (AvgIpc) is 2.89. The number of carbonyl (C=O) groups excluding carboxylic acids is 3. The number of nitrogens with zero attached hydrogens (tertiary/aromatic N) is 2. The number of hydrogen-bond donors (Lipinski definition) is 1. The number of piperazine rings is 1. The molecule has 0 aliphatic carbocycles. The lowest BCUT2D eigenvalue weighted by atomic mass is 10.0. The smallest absolute Gasteiger partial charge is 0.251 e. The Morgan fingerprint density at radius 3 is 2.09 bits per heavy atom. The van der Waals surface area contributed by atoms with Crippen molar-refractivity contribution in [2.75, 3.05) is 31.1 Å². The molecule has 1 N–H and O–H groups in total. The second kappa shape index (κ2) is 11.0. The molecule has 7 heteroatoms. The number of nitrogens with one attached hydrogen (secondary N) is 1. The number of benzene rings is 3. The van der Waals surface area contributed by atoms with Crippen molar-refractivity contribution in [2.45, 2.75) is 19.4 Å². The summed E-state index contributed by atoms with van der Waals surface area (Å²) in [6, 6.07) is 22.2. The maximum Gasteiger partial charge on any atom is 0.251 e. The van der Waals surface area contributed by atoms with Crippen molar-refractivity contribution in [1.82, 2.24) is 10.2 Å². The number of anilines is 1. The molecule has 1 atom stereocenters. The fraction of sp³-hybridized carbons (Fsp3) is 0.250. The highest BCUT2D eigenvalue weighted by Crippen LogP contribution is 2.23. The third-order valence-electron chi connectivity index (χ3n) is 6.21. The fourth-order valence-corrected chi connectivity index (χ4v) is 4.25. The quantitative estimate of drug-likeness (QED) is 0.531. The molecule has 1 saturated heterocycles. The lowest BCUT2D eigenvalue weighted by molar-refractivity contribution is -0.133. The van der Waals surface area contributed by atoms with Crippen LogP contribution in [0.5, 0.6) is 0 Å². The highest BCUT2D eigenvalue weighted by molar-refractivity contribution is 5.97. The predicted octanol–water partition coefficient (Wildman–Crippen LogP) is 3.72. The molecule has 1 aliphatic rings. The van der Waals surface area contributed by atoms with Crippen molar-refractivity contribution in [3.8, 4) is 0 Å². The van der Waals surface area contributed by atoms with Gasteiger partial charge in [0, 0.05) is 43.7 Å². The Bertz CT molecular complexity index is 1190. The largest absolute Gasteiger partial charge is 0.366 e. The normalized spacial score (nSPS) is 14.3. The molecule has 0 spiro atoms. The van der Waals surface area contributed by atoms with Crippen LogP contribution in [0, 0.1) is 5.82 Å². The van der Waals surface area contributed by atoms with E-state index >= 15 is 0 Å². The van der Waals surface area contributed by atoms with Crippen LogP contribution in [0.3, 0.4) is 0 Å². The van der Waals surface area contributed by atoms with Crippen LogP contribution in [0.4, 0.5) is 10.1 Å². The van der Waals surface area contributed by atoms with Crippen LogP contribution in [-0.4, -0.2) is 54.7 Å². The van der Waals surface area contributed by atoms with Gasteiger partial charge in [0.25, 0.3) is 5.91 Å². The molecule has 6 nitrogen and oxygen atoms in total. The molecule has 0 bridgehead atoms. The number of hydrogen-bond acceptors (Lipinski definition) is 4. The van der Waals surface area contributed by atoms with Gasteiger partial charge in [0.05, 0.1) is 5.69 Å². The molecule has 1 fully saturated rings.